The Balaban J connectivity index is 1.93. The second-order valence-corrected chi connectivity index (χ2v) is 5.01. The second-order valence-electron chi connectivity index (χ2n) is 5.01. The molecule has 1 aliphatic heterocycles. The summed E-state index contributed by atoms with van der Waals surface area (Å²) >= 11 is 0. The van der Waals surface area contributed by atoms with Crippen molar-refractivity contribution in [3.63, 3.8) is 0 Å². The number of piperazine rings is 1. The van der Waals surface area contributed by atoms with Gasteiger partial charge in [-0.25, -0.2) is 0 Å². The van der Waals surface area contributed by atoms with Crippen molar-refractivity contribution in [1.82, 2.24) is 15.1 Å². The van der Waals surface area contributed by atoms with Gasteiger partial charge in [-0.05, 0) is 40.4 Å². The molecule has 1 N–H and O–H groups in total. The maximum atomic E-state index is 5.38. The first-order valence-corrected chi connectivity index (χ1v) is 6.94. The summed E-state index contributed by atoms with van der Waals surface area (Å²) in [6.07, 6.45) is 1.24. The van der Waals surface area contributed by atoms with Gasteiger partial charge in [0.25, 0.3) is 0 Å². The Morgan fingerprint density at radius 1 is 1.24 bits per heavy atom. The van der Waals surface area contributed by atoms with E-state index in [-0.39, 0.29) is 0 Å². The van der Waals surface area contributed by atoms with E-state index in [1.807, 2.05) is 6.92 Å². The molecule has 1 unspecified atom stereocenters. The van der Waals surface area contributed by atoms with Gasteiger partial charge in [-0.15, -0.1) is 0 Å². The summed E-state index contributed by atoms with van der Waals surface area (Å²) in [5, 5.41) is 3.50. The van der Waals surface area contributed by atoms with E-state index in [0.717, 1.165) is 19.8 Å². The first-order chi connectivity index (χ1) is 8.22. The molecule has 0 aliphatic carbocycles. The van der Waals surface area contributed by atoms with Crippen molar-refractivity contribution in [2.45, 2.75) is 26.3 Å². The smallest absolute Gasteiger partial charge is 0.0616 e. The van der Waals surface area contributed by atoms with E-state index in [2.05, 4.69) is 29.1 Å². The molecule has 1 heterocycles. The van der Waals surface area contributed by atoms with Crippen LogP contribution in [0.2, 0.25) is 0 Å². The van der Waals surface area contributed by atoms with Crippen LogP contribution in [0.1, 0.15) is 20.3 Å². The highest BCUT2D eigenvalue weighted by Gasteiger charge is 2.12. The van der Waals surface area contributed by atoms with Crippen LogP contribution in [0.3, 0.4) is 0 Å². The van der Waals surface area contributed by atoms with E-state index in [9.17, 15) is 0 Å². The zero-order chi connectivity index (χ0) is 12.5. The second kappa shape index (κ2) is 8.86. The summed E-state index contributed by atoms with van der Waals surface area (Å²) in [4.78, 5) is 4.97. The number of nitrogens with zero attached hydrogens (tertiary/aromatic N) is 2. The van der Waals surface area contributed by atoms with Gasteiger partial charge in [0, 0.05) is 38.8 Å². The van der Waals surface area contributed by atoms with Crippen LogP contribution in [0, 0.1) is 0 Å². The molecule has 4 heteroatoms. The normalized spacial score (nSPS) is 20.6. The average molecular weight is 243 g/mol. The fourth-order valence-corrected chi connectivity index (χ4v) is 2.08. The van der Waals surface area contributed by atoms with E-state index < -0.39 is 0 Å². The zero-order valence-electron chi connectivity index (χ0n) is 11.7. The molecule has 1 saturated heterocycles. The third-order valence-corrected chi connectivity index (χ3v) is 3.31. The molecule has 1 rings (SSSR count). The van der Waals surface area contributed by atoms with Crippen LogP contribution in [0.5, 0.6) is 0 Å². The molecule has 0 saturated carbocycles. The van der Waals surface area contributed by atoms with Gasteiger partial charge in [0.15, 0.2) is 0 Å². The van der Waals surface area contributed by atoms with Crippen LogP contribution < -0.4 is 5.32 Å². The van der Waals surface area contributed by atoms with E-state index in [1.165, 1.54) is 39.1 Å². The molecule has 0 spiro atoms. The fraction of sp³-hybridized carbons (Fsp3) is 1.00. The van der Waals surface area contributed by atoms with Crippen molar-refractivity contribution in [3.8, 4) is 0 Å². The van der Waals surface area contributed by atoms with Crippen molar-refractivity contribution >= 4 is 0 Å². The monoisotopic (exact) mass is 243 g/mol. The lowest BCUT2D eigenvalue weighted by Gasteiger charge is -2.32. The molecule has 1 fully saturated rings. The lowest BCUT2D eigenvalue weighted by atomic mass is 10.3. The minimum absolute atomic E-state index is 0.474. The lowest BCUT2D eigenvalue weighted by Crippen LogP contribution is -2.45. The molecule has 17 heavy (non-hydrogen) atoms. The maximum absolute atomic E-state index is 5.38. The Hall–Kier alpha value is -0.160. The summed E-state index contributed by atoms with van der Waals surface area (Å²) < 4.78 is 5.38. The highest BCUT2D eigenvalue weighted by Crippen LogP contribution is 1.99. The van der Waals surface area contributed by atoms with E-state index in [0.29, 0.717) is 6.04 Å². The highest BCUT2D eigenvalue weighted by molar-refractivity contribution is 4.69. The predicted octanol–water partition coefficient (Wildman–Crippen LogP) is 0.639. The molecule has 1 aliphatic rings. The van der Waals surface area contributed by atoms with E-state index in [1.54, 1.807) is 0 Å². The summed E-state index contributed by atoms with van der Waals surface area (Å²) in [5.74, 6) is 0. The van der Waals surface area contributed by atoms with Gasteiger partial charge in [-0.2, -0.15) is 0 Å². The van der Waals surface area contributed by atoms with E-state index in [4.69, 9.17) is 4.74 Å². The summed E-state index contributed by atoms with van der Waals surface area (Å²) in [6, 6.07) is 0.474. The van der Waals surface area contributed by atoms with Gasteiger partial charge in [-0.3, -0.25) is 0 Å². The van der Waals surface area contributed by atoms with Gasteiger partial charge >= 0.3 is 0 Å². The summed E-state index contributed by atoms with van der Waals surface area (Å²) in [5.41, 5.74) is 0. The fourth-order valence-electron chi connectivity index (χ4n) is 2.08. The number of ether oxygens (including phenoxy) is 1. The Kier molecular flexibility index (Phi) is 7.77. The van der Waals surface area contributed by atoms with Crippen molar-refractivity contribution in [2.75, 3.05) is 59.5 Å². The van der Waals surface area contributed by atoms with Crippen molar-refractivity contribution in [1.29, 1.82) is 0 Å². The molecule has 0 bridgehead atoms. The van der Waals surface area contributed by atoms with Crippen LogP contribution >= 0.6 is 0 Å². The summed E-state index contributed by atoms with van der Waals surface area (Å²) in [7, 11) is 2.20. The topological polar surface area (TPSA) is 27.7 Å². The Labute approximate surface area is 106 Å². The minimum Gasteiger partial charge on any atom is -0.380 e. The van der Waals surface area contributed by atoms with Gasteiger partial charge < -0.3 is 19.9 Å². The maximum Gasteiger partial charge on any atom is 0.0616 e. The van der Waals surface area contributed by atoms with Gasteiger partial charge in [0.2, 0.25) is 0 Å². The van der Waals surface area contributed by atoms with Gasteiger partial charge in [0.1, 0.15) is 0 Å². The standard InChI is InChI=1S/C13H29N3O/c1-4-17-12-13(2)14-6-5-7-16-10-8-15(3)9-11-16/h13-14H,4-12H2,1-3H3. The van der Waals surface area contributed by atoms with Crippen molar-refractivity contribution < 1.29 is 4.74 Å². The van der Waals surface area contributed by atoms with Gasteiger partial charge in [-0.1, -0.05) is 0 Å². The zero-order valence-corrected chi connectivity index (χ0v) is 11.7. The number of likely N-dealkylation sites (N-methyl/N-ethyl adjacent to an activating group) is 1. The molecule has 0 amide bonds. The van der Waals surface area contributed by atoms with Crippen molar-refractivity contribution in [2.24, 2.45) is 0 Å². The predicted molar refractivity (Wildman–Crippen MR) is 72.5 cm³/mol. The first kappa shape index (κ1) is 14.9. The molecule has 0 aromatic carbocycles. The number of nitrogens with one attached hydrogen (secondary N) is 1. The first-order valence-electron chi connectivity index (χ1n) is 6.94. The Morgan fingerprint density at radius 3 is 2.59 bits per heavy atom. The third kappa shape index (κ3) is 6.99. The highest BCUT2D eigenvalue weighted by atomic mass is 16.5. The SMILES string of the molecule is CCOCC(C)NCCCN1CCN(C)CC1. The van der Waals surface area contributed by atoms with Crippen LogP contribution in [-0.2, 0) is 4.74 Å². The number of hydrogen-bond acceptors (Lipinski definition) is 4. The lowest BCUT2D eigenvalue weighted by molar-refractivity contribution is 0.125. The van der Waals surface area contributed by atoms with Crippen LogP contribution in [0.25, 0.3) is 0 Å². The third-order valence-electron chi connectivity index (χ3n) is 3.31. The van der Waals surface area contributed by atoms with Crippen LogP contribution in [-0.4, -0.2) is 75.4 Å². The molecule has 0 aromatic heterocycles. The molecule has 4 nitrogen and oxygen atoms in total. The number of hydrogen-bond donors (Lipinski definition) is 1. The molecular weight excluding hydrogens is 214 g/mol. The number of rotatable bonds is 8. The quantitative estimate of drug-likeness (QED) is 0.633. The molecule has 1 atom stereocenters. The van der Waals surface area contributed by atoms with Crippen LogP contribution in [0.4, 0.5) is 0 Å². The Bertz CT molecular complexity index is 182. The van der Waals surface area contributed by atoms with E-state index >= 15 is 0 Å². The van der Waals surface area contributed by atoms with Crippen LogP contribution in [0.15, 0.2) is 0 Å². The summed E-state index contributed by atoms with van der Waals surface area (Å²) in [6.45, 7) is 13.1. The molecular formula is C13H29N3O. The van der Waals surface area contributed by atoms with Gasteiger partial charge in [0.05, 0.1) is 6.61 Å². The average Bonchev–Trinajstić information content (AvgIpc) is 2.34. The Morgan fingerprint density at radius 2 is 1.94 bits per heavy atom. The van der Waals surface area contributed by atoms with Crippen molar-refractivity contribution in [3.05, 3.63) is 0 Å². The molecule has 102 valence electrons. The minimum atomic E-state index is 0.474. The molecule has 0 aromatic rings. The molecule has 0 radical (unpaired) electrons. The largest absolute Gasteiger partial charge is 0.380 e.